The van der Waals surface area contributed by atoms with E-state index < -0.39 is 11.9 Å². The average Bonchev–Trinajstić information content (AvgIpc) is 2.72. The molecule has 2 rings (SSSR count). The van der Waals surface area contributed by atoms with Crippen LogP contribution in [-0.2, 0) is 9.59 Å². The summed E-state index contributed by atoms with van der Waals surface area (Å²) in [6.07, 6.45) is 3.31. The van der Waals surface area contributed by atoms with Crippen molar-refractivity contribution >= 4 is 18.0 Å². The maximum absolute atomic E-state index is 12.0. The van der Waals surface area contributed by atoms with Crippen LogP contribution in [0.4, 0.5) is 0 Å². The molecule has 29 heavy (non-hydrogen) atoms. The Hall–Kier alpha value is -3.59. The number of benzene rings is 2. The molecule has 0 bridgehead atoms. The Morgan fingerprint density at radius 3 is 2.52 bits per heavy atom. The number of para-hydroxylation sites is 1. The first-order valence-electron chi connectivity index (χ1n) is 9.42. The third-order valence-electron chi connectivity index (χ3n) is 4.04. The van der Waals surface area contributed by atoms with Gasteiger partial charge < -0.3 is 14.8 Å². The quantitative estimate of drug-likeness (QED) is 0.231. The zero-order chi connectivity index (χ0) is 21.1. The fourth-order valence-corrected chi connectivity index (χ4v) is 2.44. The average molecular weight is 392 g/mol. The highest BCUT2D eigenvalue weighted by Gasteiger charge is 2.09. The molecule has 1 amide bonds. The summed E-state index contributed by atoms with van der Waals surface area (Å²) in [5, 5.41) is 11.9. The number of rotatable bonds is 9. The summed E-state index contributed by atoms with van der Waals surface area (Å²) in [6.45, 7) is 4.25. The minimum Gasteiger partial charge on any atom is -0.482 e. The Kier molecular flexibility index (Phi) is 8.46. The molecule has 1 N–H and O–H groups in total. The number of nitrogens with one attached hydrogen (secondary N) is 1. The van der Waals surface area contributed by atoms with Crippen LogP contribution in [0.2, 0.25) is 0 Å². The van der Waals surface area contributed by atoms with E-state index in [0.717, 1.165) is 18.4 Å². The van der Waals surface area contributed by atoms with Crippen molar-refractivity contribution < 1.29 is 19.1 Å². The molecule has 0 unspecified atom stereocenters. The molecule has 0 aliphatic carbocycles. The molecule has 6 heteroatoms. The van der Waals surface area contributed by atoms with Gasteiger partial charge in [-0.25, -0.2) is 4.79 Å². The Labute approximate surface area is 170 Å². The van der Waals surface area contributed by atoms with Gasteiger partial charge in [0, 0.05) is 6.54 Å². The van der Waals surface area contributed by atoms with Gasteiger partial charge in [-0.15, -0.1) is 0 Å². The van der Waals surface area contributed by atoms with Gasteiger partial charge >= 0.3 is 5.97 Å². The zero-order valence-corrected chi connectivity index (χ0v) is 16.6. The van der Waals surface area contributed by atoms with E-state index in [2.05, 4.69) is 5.32 Å². The van der Waals surface area contributed by atoms with E-state index in [4.69, 9.17) is 9.47 Å². The number of amides is 1. The van der Waals surface area contributed by atoms with E-state index in [0.29, 0.717) is 23.6 Å². The van der Waals surface area contributed by atoms with Crippen LogP contribution >= 0.6 is 0 Å². The molecular weight excluding hydrogens is 368 g/mol. The van der Waals surface area contributed by atoms with Gasteiger partial charge in [0.25, 0.3) is 5.91 Å². The second-order valence-corrected chi connectivity index (χ2v) is 6.38. The molecule has 0 aliphatic heterocycles. The second-order valence-electron chi connectivity index (χ2n) is 6.38. The van der Waals surface area contributed by atoms with Crippen LogP contribution in [0, 0.1) is 18.3 Å². The molecule has 0 fully saturated rings. The van der Waals surface area contributed by atoms with E-state index in [1.54, 1.807) is 30.3 Å². The van der Waals surface area contributed by atoms with Crippen molar-refractivity contribution in [2.75, 3.05) is 13.2 Å². The first-order valence-corrected chi connectivity index (χ1v) is 9.42. The SMILES string of the molecule is CCCCNC(=O)/C(C#N)=C/c1ccc(OC(=O)COc2ccccc2C)cc1. The summed E-state index contributed by atoms with van der Waals surface area (Å²) in [4.78, 5) is 24.0. The predicted octanol–water partition coefficient (Wildman–Crippen LogP) is 3.80. The number of carbonyl (C=O) groups excluding carboxylic acids is 2. The Morgan fingerprint density at radius 2 is 1.86 bits per heavy atom. The van der Waals surface area contributed by atoms with Crippen LogP contribution in [0.25, 0.3) is 6.08 Å². The highest BCUT2D eigenvalue weighted by atomic mass is 16.6. The van der Waals surface area contributed by atoms with E-state index in [1.165, 1.54) is 6.08 Å². The predicted molar refractivity (Wildman–Crippen MR) is 110 cm³/mol. The standard InChI is InChI=1S/C23H24N2O4/c1-3-4-13-25-23(27)19(15-24)14-18-9-11-20(12-10-18)29-22(26)16-28-21-8-6-5-7-17(21)2/h5-12,14H,3-4,13,16H2,1-2H3,(H,25,27)/b19-14+. The van der Waals surface area contributed by atoms with Gasteiger partial charge in [0.2, 0.25) is 0 Å². The van der Waals surface area contributed by atoms with Crippen molar-refractivity contribution in [3.05, 3.63) is 65.2 Å². The van der Waals surface area contributed by atoms with Crippen molar-refractivity contribution in [2.24, 2.45) is 0 Å². The van der Waals surface area contributed by atoms with Crippen molar-refractivity contribution in [1.82, 2.24) is 5.32 Å². The zero-order valence-electron chi connectivity index (χ0n) is 16.6. The van der Waals surface area contributed by atoms with E-state index in [-0.39, 0.29) is 12.2 Å². The minimum absolute atomic E-state index is 0.0254. The van der Waals surface area contributed by atoms with Crippen molar-refractivity contribution in [2.45, 2.75) is 26.7 Å². The molecule has 0 radical (unpaired) electrons. The van der Waals surface area contributed by atoms with Gasteiger partial charge in [-0.1, -0.05) is 43.7 Å². The number of nitrogens with zero attached hydrogens (tertiary/aromatic N) is 1. The summed E-state index contributed by atoms with van der Waals surface area (Å²) >= 11 is 0. The molecule has 2 aromatic rings. The van der Waals surface area contributed by atoms with Gasteiger partial charge in [-0.05, 0) is 48.7 Å². The van der Waals surface area contributed by atoms with Crippen LogP contribution < -0.4 is 14.8 Å². The summed E-state index contributed by atoms with van der Waals surface area (Å²) in [5.41, 5.74) is 1.61. The molecular formula is C23H24N2O4. The molecule has 0 aromatic heterocycles. The Bertz CT molecular complexity index is 911. The first-order chi connectivity index (χ1) is 14.0. The minimum atomic E-state index is -0.524. The fourth-order valence-electron chi connectivity index (χ4n) is 2.44. The topological polar surface area (TPSA) is 88.4 Å². The number of hydrogen-bond donors (Lipinski definition) is 1. The molecule has 0 atom stereocenters. The molecule has 2 aromatic carbocycles. The van der Waals surface area contributed by atoms with Crippen LogP contribution in [0.5, 0.6) is 11.5 Å². The number of carbonyl (C=O) groups is 2. The smallest absolute Gasteiger partial charge is 0.349 e. The largest absolute Gasteiger partial charge is 0.482 e. The normalized spacial score (nSPS) is 10.7. The summed E-state index contributed by atoms with van der Waals surface area (Å²) in [5.74, 6) is 0.0620. The van der Waals surface area contributed by atoms with Crippen molar-refractivity contribution in [3.63, 3.8) is 0 Å². The van der Waals surface area contributed by atoms with E-state index >= 15 is 0 Å². The van der Waals surface area contributed by atoms with Gasteiger partial charge in [0.1, 0.15) is 23.1 Å². The van der Waals surface area contributed by atoms with Crippen LogP contribution in [0.3, 0.4) is 0 Å². The van der Waals surface area contributed by atoms with Crippen LogP contribution in [0.1, 0.15) is 30.9 Å². The van der Waals surface area contributed by atoms with Crippen molar-refractivity contribution in [1.29, 1.82) is 5.26 Å². The lowest BCUT2D eigenvalue weighted by Crippen LogP contribution is -2.25. The molecule has 0 saturated carbocycles. The van der Waals surface area contributed by atoms with Crippen molar-refractivity contribution in [3.8, 4) is 17.6 Å². The lowest BCUT2D eigenvalue weighted by Gasteiger charge is -2.09. The van der Waals surface area contributed by atoms with Gasteiger partial charge in [0.15, 0.2) is 6.61 Å². The molecule has 150 valence electrons. The number of ether oxygens (including phenoxy) is 2. The monoisotopic (exact) mass is 392 g/mol. The van der Waals surface area contributed by atoms with Crippen LogP contribution in [0.15, 0.2) is 54.1 Å². The Balaban J connectivity index is 1.91. The third kappa shape index (κ3) is 7.15. The molecule has 0 aliphatic rings. The molecule has 6 nitrogen and oxygen atoms in total. The molecule has 0 heterocycles. The number of aryl methyl sites for hydroxylation is 1. The molecule has 0 spiro atoms. The highest BCUT2D eigenvalue weighted by molar-refractivity contribution is 6.01. The number of nitriles is 1. The number of hydrogen-bond acceptors (Lipinski definition) is 5. The third-order valence-corrected chi connectivity index (χ3v) is 4.04. The van der Waals surface area contributed by atoms with E-state index in [1.807, 2.05) is 38.1 Å². The lowest BCUT2D eigenvalue weighted by molar-refractivity contribution is -0.136. The van der Waals surface area contributed by atoms with Gasteiger partial charge in [-0.2, -0.15) is 5.26 Å². The molecule has 0 saturated heterocycles. The van der Waals surface area contributed by atoms with Crippen LogP contribution in [-0.4, -0.2) is 25.0 Å². The summed E-state index contributed by atoms with van der Waals surface area (Å²) in [7, 11) is 0. The maximum atomic E-state index is 12.0. The number of esters is 1. The summed E-state index contributed by atoms with van der Waals surface area (Å²) < 4.78 is 10.7. The van der Waals surface area contributed by atoms with E-state index in [9.17, 15) is 14.9 Å². The lowest BCUT2D eigenvalue weighted by atomic mass is 10.1. The summed E-state index contributed by atoms with van der Waals surface area (Å²) in [6, 6.07) is 15.8. The maximum Gasteiger partial charge on any atom is 0.349 e. The highest BCUT2D eigenvalue weighted by Crippen LogP contribution is 2.17. The first kappa shape index (κ1) is 21.7. The second kappa shape index (κ2) is 11.3. The van der Waals surface area contributed by atoms with Gasteiger partial charge in [-0.3, -0.25) is 4.79 Å². The Morgan fingerprint density at radius 1 is 1.14 bits per heavy atom. The number of unbranched alkanes of at least 4 members (excludes halogenated alkanes) is 1. The fraction of sp³-hybridized carbons (Fsp3) is 0.261. The van der Waals surface area contributed by atoms with Gasteiger partial charge in [0.05, 0.1) is 0 Å².